The van der Waals surface area contributed by atoms with E-state index in [1.54, 1.807) is 29.2 Å². The van der Waals surface area contributed by atoms with Crippen molar-refractivity contribution in [1.82, 2.24) is 19.5 Å². The fourth-order valence-corrected chi connectivity index (χ4v) is 3.37. The fourth-order valence-electron chi connectivity index (χ4n) is 3.22. The lowest BCUT2D eigenvalue weighted by Crippen LogP contribution is -2.41. The Hall–Kier alpha value is -3.07. The minimum absolute atomic E-state index is 0.169. The number of nitrogens with two attached hydrogens (primary N) is 2. The van der Waals surface area contributed by atoms with Crippen LogP contribution in [0.3, 0.4) is 0 Å². The van der Waals surface area contributed by atoms with E-state index >= 15 is 0 Å². The number of pyridine rings is 1. The van der Waals surface area contributed by atoms with E-state index < -0.39 is 0 Å². The maximum atomic E-state index is 12.8. The molecule has 140 valence electrons. The van der Waals surface area contributed by atoms with Gasteiger partial charge in [-0.25, -0.2) is 4.98 Å². The van der Waals surface area contributed by atoms with Gasteiger partial charge in [-0.05, 0) is 48.7 Å². The summed E-state index contributed by atoms with van der Waals surface area (Å²) in [7, 11) is 0. The summed E-state index contributed by atoms with van der Waals surface area (Å²) in [5, 5.41) is 4.52. The number of amides is 2. The number of anilines is 1. The molecule has 3 aromatic heterocycles. The first-order valence-electron chi connectivity index (χ1n) is 8.43. The summed E-state index contributed by atoms with van der Waals surface area (Å²) in [6, 6.07) is 6.43. The highest BCUT2D eigenvalue weighted by Gasteiger charge is 2.27. The molecule has 4 heterocycles. The molecule has 10 heteroatoms. The van der Waals surface area contributed by atoms with Gasteiger partial charge in [-0.3, -0.25) is 9.59 Å². The van der Waals surface area contributed by atoms with E-state index in [0.717, 1.165) is 0 Å². The molecule has 1 aliphatic heterocycles. The molecule has 2 amide bonds. The molecular formula is C17H17ClN6O3. The third-order valence-electron chi connectivity index (χ3n) is 4.69. The molecule has 0 spiro atoms. The number of halogens is 1. The third kappa shape index (κ3) is 3.21. The van der Waals surface area contributed by atoms with Crippen LogP contribution in [-0.4, -0.2) is 44.4 Å². The minimum Gasteiger partial charge on any atom is -0.441 e. The lowest BCUT2D eigenvalue weighted by Gasteiger charge is -2.30. The van der Waals surface area contributed by atoms with E-state index in [4.69, 9.17) is 27.5 Å². The Kier molecular flexibility index (Phi) is 4.23. The summed E-state index contributed by atoms with van der Waals surface area (Å²) in [6.45, 7) is 0.945. The van der Waals surface area contributed by atoms with Crippen LogP contribution in [-0.2, 0) is 4.79 Å². The number of hydrogen-bond donors (Lipinski definition) is 2. The lowest BCUT2D eigenvalue weighted by atomic mass is 9.96. The van der Waals surface area contributed by atoms with Crippen LogP contribution in [0.15, 0.2) is 28.7 Å². The van der Waals surface area contributed by atoms with Gasteiger partial charge in [-0.2, -0.15) is 4.52 Å². The van der Waals surface area contributed by atoms with Crippen molar-refractivity contribution in [3.05, 3.63) is 35.0 Å². The van der Waals surface area contributed by atoms with E-state index in [2.05, 4.69) is 10.1 Å². The molecule has 4 N–H and O–H groups in total. The zero-order valence-corrected chi connectivity index (χ0v) is 15.0. The number of aromatic nitrogens is 3. The molecule has 0 unspecified atom stereocenters. The fraction of sp³-hybridized carbons (Fsp3) is 0.294. The van der Waals surface area contributed by atoms with Crippen molar-refractivity contribution in [2.45, 2.75) is 12.8 Å². The minimum atomic E-state index is -0.318. The van der Waals surface area contributed by atoms with Gasteiger partial charge in [0.15, 0.2) is 16.6 Å². The molecule has 1 saturated heterocycles. The number of fused-ring (bicyclic) bond motifs is 1. The average molecular weight is 389 g/mol. The summed E-state index contributed by atoms with van der Waals surface area (Å²) in [6.07, 6.45) is 1.13. The quantitative estimate of drug-likeness (QED) is 0.699. The number of nitrogens with zero attached hydrogens (tertiary/aromatic N) is 4. The van der Waals surface area contributed by atoms with Crippen LogP contribution < -0.4 is 11.5 Å². The second-order valence-electron chi connectivity index (χ2n) is 6.45. The SMILES string of the molecule is NC(=O)C1CCN(C(=O)c2cc(N)n3nc(-c4ccc(Cl)o4)nc3c2)CC1. The van der Waals surface area contributed by atoms with Crippen molar-refractivity contribution in [1.29, 1.82) is 0 Å². The topological polar surface area (TPSA) is 133 Å². The molecular weight excluding hydrogens is 372 g/mol. The first-order chi connectivity index (χ1) is 12.9. The molecule has 0 saturated carbocycles. The smallest absolute Gasteiger partial charge is 0.254 e. The van der Waals surface area contributed by atoms with Gasteiger partial charge < -0.3 is 20.8 Å². The second kappa shape index (κ2) is 6.58. The van der Waals surface area contributed by atoms with E-state index in [9.17, 15) is 9.59 Å². The van der Waals surface area contributed by atoms with Gasteiger partial charge in [0.2, 0.25) is 11.7 Å². The molecule has 0 aromatic carbocycles. The van der Waals surface area contributed by atoms with Crippen LogP contribution in [0, 0.1) is 5.92 Å². The van der Waals surface area contributed by atoms with Gasteiger partial charge in [-0.1, -0.05) is 0 Å². The standard InChI is InChI=1S/C17H17ClN6O3/c18-12-2-1-11(27-12)16-21-14-8-10(7-13(19)24(14)22-16)17(26)23-5-3-9(4-6-23)15(20)25/h1-2,7-9H,3-6,19H2,(H2,20,25). The van der Waals surface area contributed by atoms with Crippen LogP contribution in [0.5, 0.6) is 0 Å². The van der Waals surface area contributed by atoms with Gasteiger partial charge in [0, 0.05) is 24.6 Å². The molecule has 3 aromatic rings. The zero-order chi connectivity index (χ0) is 19.1. The van der Waals surface area contributed by atoms with Crippen LogP contribution in [0.1, 0.15) is 23.2 Å². The number of piperidine rings is 1. The Morgan fingerprint density at radius 2 is 1.96 bits per heavy atom. The van der Waals surface area contributed by atoms with Crippen LogP contribution in [0.2, 0.25) is 5.22 Å². The summed E-state index contributed by atoms with van der Waals surface area (Å²) in [4.78, 5) is 30.2. The number of likely N-dealkylation sites (tertiary alicyclic amines) is 1. The first kappa shape index (κ1) is 17.3. The van der Waals surface area contributed by atoms with Gasteiger partial charge in [0.1, 0.15) is 5.82 Å². The molecule has 27 heavy (non-hydrogen) atoms. The number of carbonyl (C=O) groups is 2. The van der Waals surface area contributed by atoms with E-state index in [1.807, 2.05) is 0 Å². The molecule has 1 fully saturated rings. The molecule has 0 radical (unpaired) electrons. The number of primary amides is 1. The Balaban J connectivity index is 1.61. The van der Waals surface area contributed by atoms with Crippen LogP contribution in [0.4, 0.5) is 5.82 Å². The highest BCUT2D eigenvalue weighted by atomic mass is 35.5. The largest absolute Gasteiger partial charge is 0.441 e. The Bertz CT molecular complexity index is 1030. The molecule has 0 bridgehead atoms. The molecule has 1 aliphatic rings. The number of furan rings is 1. The highest BCUT2D eigenvalue weighted by Crippen LogP contribution is 2.25. The summed E-state index contributed by atoms with van der Waals surface area (Å²) >= 11 is 5.79. The third-order valence-corrected chi connectivity index (χ3v) is 4.89. The predicted molar refractivity (Wildman–Crippen MR) is 97.9 cm³/mol. The Labute approximate surface area is 158 Å². The molecule has 9 nitrogen and oxygen atoms in total. The summed E-state index contributed by atoms with van der Waals surface area (Å²) in [5.41, 5.74) is 12.2. The van der Waals surface area contributed by atoms with Crippen molar-refractivity contribution in [2.24, 2.45) is 11.7 Å². The number of nitrogen functional groups attached to an aromatic ring is 1. The second-order valence-corrected chi connectivity index (χ2v) is 6.82. The predicted octanol–water partition coefficient (Wildman–Crippen LogP) is 1.56. The monoisotopic (exact) mass is 388 g/mol. The van der Waals surface area contributed by atoms with Crippen LogP contribution in [0.25, 0.3) is 17.2 Å². The molecule has 4 rings (SSSR count). The van der Waals surface area contributed by atoms with E-state index in [-0.39, 0.29) is 28.8 Å². The normalized spacial score (nSPS) is 15.4. The molecule has 0 atom stereocenters. The number of hydrogen-bond acceptors (Lipinski definition) is 6. The van der Waals surface area contributed by atoms with Crippen molar-refractivity contribution in [3.63, 3.8) is 0 Å². The number of carbonyl (C=O) groups excluding carboxylic acids is 2. The lowest BCUT2D eigenvalue weighted by molar-refractivity contribution is -0.123. The van der Waals surface area contributed by atoms with E-state index in [0.29, 0.717) is 48.7 Å². The number of rotatable bonds is 3. The summed E-state index contributed by atoms with van der Waals surface area (Å²) in [5.74, 6) is 0.338. The highest BCUT2D eigenvalue weighted by molar-refractivity contribution is 6.28. The van der Waals surface area contributed by atoms with E-state index in [1.165, 1.54) is 4.52 Å². The van der Waals surface area contributed by atoms with Crippen molar-refractivity contribution in [3.8, 4) is 11.6 Å². The maximum absolute atomic E-state index is 12.8. The molecule has 0 aliphatic carbocycles. The van der Waals surface area contributed by atoms with Gasteiger partial charge in [-0.15, -0.1) is 5.10 Å². The van der Waals surface area contributed by atoms with Crippen molar-refractivity contribution < 1.29 is 14.0 Å². The average Bonchev–Trinajstić information content (AvgIpc) is 3.27. The van der Waals surface area contributed by atoms with Gasteiger partial charge >= 0.3 is 0 Å². The summed E-state index contributed by atoms with van der Waals surface area (Å²) < 4.78 is 6.75. The van der Waals surface area contributed by atoms with Crippen molar-refractivity contribution >= 4 is 34.9 Å². The first-order valence-corrected chi connectivity index (χ1v) is 8.81. The zero-order valence-electron chi connectivity index (χ0n) is 14.3. The Morgan fingerprint density at radius 3 is 2.59 bits per heavy atom. The van der Waals surface area contributed by atoms with Crippen LogP contribution >= 0.6 is 11.6 Å². The van der Waals surface area contributed by atoms with Crippen molar-refractivity contribution in [2.75, 3.05) is 18.8 Å². The maximum Gasteiger partial charge on any atom is 0.254 e. The van der Waals surface area contributed by atoms with Gasteiger partial charge in [0.25, 0.3) is 5.91 Å². The van der Waals surface area contributed by atoms with Gasteiger partial charge in [0.05, 0.1) is 0 Å². The Morgan fingerprint density at radius 1 is 1.22 bits per heavy atom.